The molecule has 0 aromatic heterocycles. The molecule has 0 bridgehead atoms. The molecule has 1 atom stereocenters. The number of rotatable bonds is 4. The van der Waals surface area contributed by atoms with Gasteiger partial charge in [0.25, 0.3) is 0 Å². The number of hydrogen-bond acceptors (Lipinski definition) is 3. The topological polar surface area (TPSA) is 59.0 Å². The Kier molecular flexibility index (Phi) is 4.94. The van der Waals surface area contributed by atoms with Crippen LogP contribution in [0.4, 0.5) is 4.39 Å². The molecule has 2 aromatic carbocycles. The number of nitrogens with two attached hydrogens (primary N) is 1. The third kappa shape index (κ3) is 3.81. The largest absolute Gasteiger partial charge is 0.488 e. The minimum absolute atomic E-state index is 0.0444. The van der Waals surface area contributed by atoms with E-state index in [9.17, 15) is 4.39 Å². The zero-order valence-corrected chi connectivity index (χ0v) is 13.0. The van der Waals surface area contributed by atoms with Gasteiger partial charge in [0.15, 0.2) is 0 Å². The van der Waals surface area contributed by atoms with E-state index in [1.165, 1.54) is 18.2 Å². The Morgan fingerprint density at radius 1 is 1.33 bits per heavy atom. The second kappa shape index (κ2) is 6.70. The highest BCUT2D eigenvalue weighted by molar-refractivity contribution is 9.10. The highest BCUT2D eigenvalue weighted by Crippen LogP contribution is 2.28. The molecule has 2 rings (SSSR count). The highest BCUT2D eigenvalue weighted by atomic mass is 79.9. The van der Waals surface area contributed by atoms with E-state index in [0.29, 0.717) is 16.9 Å². The van der Waals surface area contributed by atoms with Crippen molar-refractivity contribution in [2.75, 3.05) is 0 Å². The average molecular weight is 349 g/mol. The Labute approximate surface area is 131 Å². The van der Waals surface area contributed by atoms with Crippen molar-refractivity contribution < 1.29 is 9.13 Å². The summed E-state index contributed by atoms with van der Waals surface area (Å²) in [6.07, 6.45) is 0. The van der Waals surface area contributed by atoms with Crippen molar-refractivity contribution in [2.45, 2.75) is 19.6 Å². The summed E-state index contributed by atoms with van der Waals surface area (Å²) in [4.78, 5) is 0. The van der Waals surface area contributed by atoms with Gasteiger partial charge in [-0.15, -0.1) is 0 Å². The number of benzene rings is 2. The first kappa shape index (κ1) is 15.5. The maximum Gasteiger partial charge on any atom is 0.129 e. The van der Waals surface area contributed by atoms with Gasteiger partial charge >= 0.3 is 0 Å². The fourth-order valence-electron chi connectivity index (χ4n) is 1.92. The van der Waals surface area contributed by atoms with Crippen molar-refractivity contribution in [3.63, 3.8) is 0 Å². The zero-order valence-electron chi connectivity index (χ0n) is 11.4. The van der Waals surface area contributed by atoms with Gasteiger partial charge in [-0.25, -0.2) is 4.39 Å². The third-order valence-corrected chi connectivity index (χ3v) is 3.51. The Morgan fingerprint density at radius 3 is 2.76 bits per heavy atom. The smallest absolute Gasteiger partial charge is 0.129 e. The maximum absolute atomic E-state index is 13.7. The van der Waals surface area contributed by atoms with Crippen LogP contribution in [0.15, 0.2) is 40.9 Å². The van der Waals surface area contributed by atoms with Gasteiger partial charge in [0.05, 0.1) is 11.6 Å². The van der Waals surface area contributed by atoms with Crippen LogP contribution in [-0.2, 0) is 6.61 Å². The van der Waals surface area contributed by atoms with Crippen molar-refractivity contribution >= 4 is 15.9 Å². The van der Waals surface area contributed by atoms with Gasteiger partial charge in [0.1, 0.15) is 18.2 Å². The number of hydrogen-bond donors (Lipinski definition) is 1. The summed E-state index contributed by atoms with van der Waals surface area (Å²) in [5.41, 5.74) is 7.49. The Morgan fingerprint density at radius 2 is 2.10 bits per heavy atom. The summed E-state index contributed by atoms with van der Waals surface area (Å²) in [7, 11) is 0. The molecule has 108 valence electrons. The molecule has 5 heteroatoms. The third-order valence-electron chi connectivity index (χ3n) is 3.02. The van der Waals surface area contributed by atoms with Gasteiger partial charge in [-0.1, -0.05) is 15.9 Å². The maximum atomic E-state index is 13.7. The molecule has 0 radical (unpaired) electrons. The first-order valence-electron chi connectivity index (χ1n) is 6.37. The van der Waals surface area contributed by atoms with Crippen LogP contribution in [0.3, 0.4) is 0 Å². The van der Waals surface area contributed by atoms with E-state index in [1.54, 1.807) is 6.07 Å². The molecule has 0 heterocycles. The van der Waals surface area contributed by atoms with Crippen molar-refractivity contribution in [1.82, 2.24) is 0 Å². The fraction of sp³-hybridized carbons (Fsp3) is 0.188. The van der Waals surface area contributed by atoms with E-state index >= 15 is 0 Å². The number of ether oxygens (including phenoxy) is 1. The van der Waals surface area contributed by atoms with Crippen LogP contribution in [0, 0.1) is 17.1 Å². The molecule has 0 aliphatic carbocycles. The molecule has 0 spiro atoms. The van der Waals surface area contributed by atoms with Gasteiger partial charge in [-0.2, -0.15) is 5.26 Å². The molecule has 0 unspecified atom stereocenters. The predicted octanol–water partition coefficient (Wildman–Crippen LogP) is 4.06. The highest BCUT2D eigenvalue weighted by Gasteiger charge is 2.11. The molecule has 21 heavy (non-hydrogen) atoms. The van der Waals surface area contributed by atoms with Crippen LogP contribution >= 0.6 is 15.9 Å². The van der Waals surface area contributed by atoms with Gasteiger partial charge in [-0.05, 0) is 43.3 Å². The van der Waals surface area contributed by atoms with Crippen LogP contribution in [0.2, 0.25) is 0 Å². The molecule has 2 N–H and O–H groups in total. The summed E-state index contributed by atoms with van der Waals surface area (Å²) in [6.45, 7) is 1.90. The van der Waals surface area contributed by atoms with E-state index in [4.69, 9.17) is 15.7 Å². The molecular formula is C16H14BrFN2O. The van der Waals surface area contributed by atoms with Crippen LogP contribution in [0.5, 0.6) is 5.75 Å². The molecule has 0 saturated heterocycles. The van der Waals surface area contributed by atoms with Gasteiger partial charge < -0.3 is 10.5 Å². The van der Waals surface area contributed by atoms with E-state index in [1.807, 2.05) is 25.1 Å². The zero-order chi connectivity index (χ0) is 15.4. The molecular weight excluding hydrogens is 335 g/mol. The van der Waals surface area contributed by atoms with Crippen LogP contribution in [-0.4, -0.2) is 0 Å². The predicted molar refractivity (Wildman–Crippen MR) is 82.2 cm³/mol. The van der Waals surface area contributed by atoms with E-state index < -0.39 is 5.82 Å². The second-order valence-electron chi connectivity index (χ2n) is 4.68. The lowest BCUT2D eigenvalue weighted by Crippen LogP contribution is -2.08. The van der Waals surface area contributed by atoms with E-state index in [0.717, 1.165) is 10.0 Å². The molecule has 0 fully saturated rings. The Balaban J connectivity index is 2.23. The molecule has 3 nitrogen and oxygen atoms in total. The normalized spacial score (nSPS) is 11.8. The number of halogens is 2. The summed E-state index contributed by atoms with van der Waals surface area (Å²) in [5, 5.41) is 8.85. The van der Waals surface area contributed by atoms with Crippen molar-refractivity contribution in [2.24, 2.45) is 5.73 Å². The van der Waals surface area contributed by atoms with Crippen LogP contribution in [0.1, 0.15) is 29.7 Å². The first-order valence-corrected chi connectivity index (χ1v) is 7.17. The monoisotopic (exact) mass is 348 g/mol. The number of nitriles is 1. The lowest BCUT2D eigenvalue weighted by Gasteiger charge is -2.15. The quantitative estimate of drug-likeness (QED) is 0.906. The summed E-state index contributed by atoms with van der Waals surface area (Å²) >= 11 is 3.38. The van der Waals surface area contributed by atoms with Crippen molar-refractivity contribution in [3.8, 4) is 11.8 Å². The van der Waals surface area contributed by atoms with Crippen LogP contribution in [0.25, 0.3) is 0 Å². The Bertz CT molecular complexity index is 695. The summed E-state index contributed by atoms with van der Waals surface area (Å²) in [5.74, 6) is 0.211. The fourth-order valence-corrected chi connectivity index (χ4v) is 2.30. The Hall–Kier alpha value is -1.90. The van der Waals surface area contributed by atoms with E-state index in [2.05, 4.69) is 15.9 Å². The van der Waals surface area contributed by atoms with Crippen LogP contribution < -0.4 is 10.5 Å². The van der Waals surface area contributed by atoms with Gasteiger partial charge in [0, 0.05) is 21.6 Å². The molecule has 2 aromatic rings. The second-order valence-corrected chi connectivity index (χ2v) is 5.59. The standard InChI is InChI=1S/C16H14BrFN2O/c1-10(20)14-7-13(17)3-5-16(14)21-9-12-6-11(8-19)2-4-15(12)18/h2-7,10H,9,20H2,1H3/t10-/m0/s1. The lowest BCUT2D eigenvalue weighted by molar-refractivity contribution is 0.295. The molecule has 0 amide bonds. The summed E-state index contributed by atoms with van der Waals surface area (Å²) in [6, 6.07) is 11.5. The average Bonchev–Trinajstić information content (AvgIpc) is 2.47. The molecule has 0 saturated carbocycles. The lowest BCUT2D eigenvalue weighted by atomic mass is 10.1. The van der Waals surface area contributed by atoms with Gasteiger partial charge in [-0.3, -0.25) is 0 Å². The molecule has 0 aliphatic heterocycles. The van der Waals surface area contributed by atoms with Crippen molar-refractivity contribution in [3.05, 3.63) is 63.4 Å². The summed E-state index contributed by atoms with van der Waals surface area (Å²) < 4.78 is 20.3. The minimum atomic E-state index is -0.395. The SMILES string of the molecule is C[C@H](N)c1cc(Br)ccc1OCc1cc(C#N)ccc1F. The number of nitrogens with zero attached hydrogens (tertiary/aromatic N) is 1. The van der Waals surface area contributed by atoms with E-state index in [-0.39, 0.29) is 12.6 Å². The first-order chi connectivity index (χ1) is 10.0. The van der Waals surface area contributed by atoms with Gasteiger partial charge in [0.2, 0.25) is 0 Å². The van der Waals surface area contributed by atoms with Crippen molar-refractivity contribution in [1.29, 1.82) is 5.26 Å². The molecule has 0 aliphatic rings. The minimum Gasteiger partial charge on any atom is -0.488 e.